The summed E-state index contributed by atoms with van der Waals surface area (Å²) in [4.78, 5) is 12.5. The summed E-state index contributed by atoms with van der Waals surface area (Å²) in [7, 11) is 0. The molecule has 3 N–H and O–H groups in total. The Balaban J connectivity index is 1.98. The molecule has 0 aliphatic heterocycles. The molecule has 2 heterocycles. The summed E-state index contributed by atoms with van der Waals surface area (Å²) in [5.74, 6) is 0.908. The Labute approximate surface area is 121 Å². The van der Waals surface area contributed by atoms with E-state index in [1.54, 1.807) is 18.5 Å². The van der Waals surface area contributed by atoms with Crippen LogP contribution in [0.1, 0.15) is 11.1 Å². The van der Waals surface area contributed by atoms with Crippen LogP contribution in [0.25, 0.3) is 5.95 Å². The van der Waals surface area contributed by atoms with Crippen LogP contribution < -0.4 is 11.1 Å². The standard InChI is InChI=1S/C14H15N7/c1-9-5-3-6-11(10(9)2)17-13-18-12(15)19-14(20-13)21-8-4-7-16-21/h3-8H,1-2H3,(H3,15,17,18,19,20). The molecule has 21 heavy (non-hydrogen) atoms. The highest BCUT2D eigenvalue weighted by molar-refractivity contribution is 5.60. The van der Waals surface area contributed by atoms with Gasteiger partial charge in [0.2, 0.25) is 11.9 Å². The Morgan fingerprint density at radius 1 is 1.10 bits per heavy atom. The maximum Gasteiger partial charge on any atom is 0.257 e. The van der Waals surface area contributed by atoms with Crippen molar-refractivity contribution in [3.05, 3.63) is 47.8 Å². The highest BCUT2D eigenvalue weighted by atomic mass is 15.4. The first-order valence-corrected chi connectivity index (χ1v) is 6.48. The third kappa shape index (κ3) is 2.66. The van der Waals surface area contributed by atoms with Crippen molar-refractivity contribution in [2.75, 3.05) is 11.1 Å². The summed E-state index contributed by atoms with van der Waals surface area (Å²) < 4.78 is 1.53. The zero-order valence-corrected chi connectivity index (χ0v) is 11.8. The lowest BCUT2D eigenvalue weighted by Gasteiger charge is -2.11. The molecule has 2 aromatic heterocycles. The minimum atomic E-state index is 0.142. The molecule has 0 aliphatic rings. The maximum atomic E-state index is 5.74. The van der Waals surface area contributed by atoms with Crippen LogP contribution in [-0.4, -0.2) is 24.7 Å². The fourth-order valence-electron chi connectivity index (χ4n) is 1.93. The van der Waals surface area contributed by atoms with Crippen LogP contribution in [0.5, 0.6) is 0 Å². The zero-order valence-electron chi connectivity index (χ0n) is 11.8. The Morgan fingerprint density at radius 2 is 1.95 bits per heavy atom. The molecule has 0 atom stereocenters. The van der Waals surface area contributed by atoms with Crippen molar-refractivity contribution in [1.29, 1.82) is 0 Å². The van der Waals surface area contributed by atoms with Gasteiger partial charge in [0.25, 0.3) is 5.95 Å². The molecule has 3 rings (SSSR count). The molecule has 1 aromatic carbocycles. The van der Waals surface area contributed by atoms with Gasteiger partial charge in [-0.05, 0) is 37.1 Å². The van der Waals surface area contributed by atoms with Gasteiger partial charge in [0.05, 0.1) is 0 Å². The molecule has 0 saturated carbocycles. The largest absolute Gasteiger partial charge is 0.368 e. The third-order valence-electron chi connectivity index (χ3n) is 3.20. The molecule has 106 valence electrons. The number of hydrogen-bond acceptors (Lipinski definition) is 6. The van der Waals surface area contributed by atoms with E-state index in [2.05, 4.69) is 38.4 Å². The van der Waals surface area contributed by atoms with Gasteiger partial charge in [-0.15, -0.1) is 0 Å². The van der Waals surface area contributed by atoms with E-state index < -0.39 is 0 Å². The zero-order chi connectivity index (χ0) is 14.8. The van der Waals surface area contributed by atoms with Crippen LogP contribution in [0.15, 0.2) is 36.7 Å². The van der Waals surface area contributed by atoms with Crippen molar-refractivity contribution in [2.24, 2.45) is 0 Å². The molecule has 0 saturated heterocycles. The normalized spacial score (nSPS) is 10.6. The molecule has 3 aromatic rings. The van der Waals surface area contributed by atoms with Gasteiger partial charge < -0.3 is 11.1 Å². The molecule has 0 spiro atoms. The lowest BCUT2D eigenvalue weighted by Crippen LogP contribution is -2.10. The molecule has 0 amide bonds. The van der Waals surface area contributed by atoms with Gasteiger partial charge in [-0.3, -0.25) is 0 Å². The average Bonchev–Trinajstić information content (AvgIpc) is 2.97. The highest BCUT2D eigenvalue weighted by Crippen LogP contribution is 2.21. The topological polar surface area (TPSA) is 94.5 Å². The second-order valence-electron chi connectivity index (χ2n) is 4.64. The van der Waals surface area contributed by atoms with Gasteiger partial charge in [0.1, 0.15) is 0 Å². The van der Waals surface area contributed by atoms with Gasteiger partial charge >= 0.3 is 0 Å². The van der Waals surface area contributed by atoms with Crippen molar-refractivity contribution in [3.63, 3.8) is 0 Å². The van der Waals surface area contributed by atoms with E-state index in [0.29, 0.717) is 11.9 Å². The number of benzene rings is 1. The van der Waals surface area contributed by atoms with Crippen LogP contribution in [0.3, 0.4) is 0 Å². The van der Waals surface area contributed by atoms with E-state index in [1.807, 2.05) is 19.1 Å². The molecule has 0 bridgehead atoms. The van der Waals surface area contributed by atoms with Gasteiger partial charge in [-0.2, -0.15) is 20.1 Å². The maximum absolute atomic E-state index is 5.74. The minimum absolute atomic E-state index is 0.142. The number of nitrogens with one attached hydrogen (secondary N) is 1. The molecule has 0 radical (unpaired) electrons. The average molecular weight is 281 g/mol. The van der Waals surface area contributed by atoms with Crippen molar-refractivity contribution in [2.45, 2.75) is 13.8 Å². The van der Waals surface area contributed by atoms with E-state index >= 15 is 0 Å². The third-order valence-corrected chi connectivity index (χ3v) is 3.20. The first-order chi connectivity index (χ1) is 10.1. The Hall–Kier alpha value is -2.96. The molecule has 7 heteroatoms. The summed E-state index contributed by atoms with van der Waals surface area (Å²) in [6, 6.07) is 7.79. The van der Waals surface area contributed by atoms with Crippen LogP contribution in [0.2, 0.25) is 0 Å². The lowest BCUT2D eigenvalue weighted by atomic mass is 10.1. The number of nitrogens with two attached hydrogens (primary N) is 1. The van der Waals surface area contributed by atoms with Crippen molar-refractivity contribution in [1.82, 2.24) is 24.7 Å². The summed E-state index contributed by atoms with van der Waals surface area (Å²) in [5, 5.41) is 7.26. The van der Waals surface area contributed by atoms with Crippen molar-refractivity contribution in [3.8, 4) is 5.95 Å². The predicted molar refractivity (Wildman–Crippen MR) is 80.6 cm³/mol. The number of aromatic nitrogens is 5. The number of nitrogen functional groups attached to an aromatic ring is 1. The van der Waals surface area contributed by atoms with Crippen LogP contribution in [0, 0.1) is 13.8 Å². The van der Waals surface area contributed by atoms with E-state index in [1.165, 1.54) is 10.2 Å². The molecule has 0 aliphatic carbocycles. The quantitative estimate of drug-likeness (QED) is 0.762. The van der Waals surface area contributed by atoms with E-state index in [0.717, 1.165) is 11.3 Å². The first kappa shape index (κ1) is 13.0. The monoisotopic (exact) mass is 281 g/mol. The Bertz CT molecular complexity index is 765. The molecule has 7 nitrogen and oxygen atoms in total. The summed E-state index contributed by atoms with van der Waals surface area (Å²) in [5.41, 5.74) is 9.01. The van der Waals surface area contributed by atoms with Crippen molar-refractivity contribution >= 4 is 17.6 Å². The number of aryl methyl sites for hydroxylation is 1. The van der Waals surface area contributed by atoms with E-state index in [-0.39, 0.29) is 5.95 Å². The minimum Gasteiger partial charge on any atom is -0.368 e. The smallest absolute Gasteiger partial charge is 0.257 e. The first-order valence-electron chi connectivity index (χ1n) is 6.48. The number of hydrogen-bond donors (Lipinski definition) is 2. The van der Waals surface area contributed by atoms with Crippen LogP contribution >= 0.6 is 0 Å². The van der Waals surface area contributed by atoms with E-state index in [9.17, 15) is 0 Å². The van der Waals surface area contributed by atoms with Gasteiger partial charge in [-0.25, -0.2) is 4.68 Å². The van der Waals surface area contributed by atoms with Crippen LogP contribution in [0.4, 0.5) is 17.6 Å². The summed E-state index contributed by atoms with van der Waals surface area (Å²) in [6.07, 6.45) is 3.40. The lowest BCUT2D eigenvalue weighted by molar-refractivity contribution is 0.801. The number of rotatable bonds is 3. The predicted octanol–water partition coefficient (Wildman–Crippen LogP) is 2.00. The second kappa shape index (κ2) is 5.20. The van der Waals surface area contributed by atoms with Crippen molar-refractivity contribution < 1.29 is 0 Å². The molecule has 0 unspecified atom stereocenters. The molecular weight excluding hydrogens is 266 g/mol. The van der Waals surface area contributed by atoms with Gasteiger partial charge in [-0.1, -0.05) is 12.1 Å². The van der Waals surface area contributed by atoms with E-state index in [4.69, 9.17) is 5.73 Å². The Kier molecular flexibility index (Phi) is 3.23. The number of anilines is 3. The fraction of sp³-hybridized carbons (Fsp3) is 0.143. The highest BCUT2D eigenvalue weighted by Gasteiger charge is 2.08. The molecule has 0 fully saturated rings. The summed E-state index contributed by atoms with van der Waals surface area (Å²) >= 11 is 0. The fourth-order valence-corrected chi connectivity index (χ4v) is 1.93. The Morgan fingerprint density at radius 3 is 2.71 bits per heavy atom. The summed E-state index contributed by atoms with van der Waals surface area (Å²) in [6.45, 7) is 4.09. The SMILES string of the molecule is Cc1cccc(Nc2nc(N)nc(-n3cccn3)n2)c1C. The van der Waals surface area contributed by atoms with Crippen LogP contribution in [-0.2, 0) is 0 Å². The van der Waals surface area contributed by atoms with Gasteiger partial charge in [0.15, 0.2) is 0 Å². The molecular formula is C14H15N7. The van der Waals surface area contributed by atoms with Gasteiger partial charge in [0, 0.05) is 18.1 Å². The second-order valence-corrected chi connectivity index (χ2v) is 4.64. The number of nitrogens with zero attached hydrogens (tertiary/aromatic N) is 5.